The van der Waals surface area contributed by atoms with Crippen molar-refractivity contribution in [1.82, 2.24) is 10.6 Å². The molecule has 0 aliphatic carbocycles. The molecule has 0 radical (unpaired) electrons. The van der Waals surface area contributed by atoms with Crippen LogP contribution in [0.15, 0.2) is 0 Å². The van der Waals surface area contributed by atoms with Gasteiger partial charge in [0.15, 0.2) is 0 Å². The summed E-state index contributed by atoms with van der Waals surface area (Å²) in [4.78, 5) is 11.3. The first kappa shape index (κ1) is 13.5. The molecule has 94 valence electrons. The average Bonchev–Trinajstić information content (AvgIpc) is 1.96. The van der Waals surface area contributed by atoms with E-state index in [0.717, 1.165) is 12.8 Å². The van der Waals surface area contributed by atoms with Crippen LogP contribution in [0.1, 0.15) is 47.5 Å². The Bertz CT molecular complexity index is 268. The minimum atomic E-state index is -0.274. The molecule has 0 aromatic rings. The van der Waals surface area contributed by atoms with Crippen LogP contribution >= 0.6 is 0 Å². The Morgan fingerprint density at radius 2 is 1.69 bits per heavy atom. The van der Waals surface area contributed by atoms with E-state index < -0.39 is 0 Å². The van der Waals surface area contributed by atoms with Gasteiger partial charge in [0, 0.05) is 24.5 Å². The molecule has 1 rings (SSSR count). The molecule has 1 amide bonds. The van der Waals surface area contributed by atoms with Gasteiger partial charge < -0.3 is 16.4 Å². The minimum Gasteiger partial charge on any atom is -0.349 e. The second kappa shape index (κ2) is 4.00. The largest absolute Gasteiger partial charge is 0.349 e. The first-order valence-corrected chi connectivity index (χ1v) is 5.88. The average molecular weight is 227 g/mol. The van der Waals surface area contributed by atoms with Gasteiger partial charge in [-0.1, -0.05) is 0 Å². The molecule has 16 heavy (non-hydrogen) atoms. The fraction of sp³-hybridized carbons (Fsp3) is 0.917. The van der Waals surface area contributed by atoms with Gasteiger partial charge >= 0.3 is 0 Å². The topological polar surface area (TPSA) is 67.2 Å². The lowest BCUT2D eigenvalue weighted by Gasteiger charge is -2.52. The second-order valence-electron chi connectivity index (χ2n) is 6.41. The standard InChI is InChI=1S/C12H25N3O/c1-9(16)14-12(8-13)6-10(2,3)15-11(4,5)7-12/h15H,6-8,13H2,1-5H3,(H,14,16). The Hall–Kier alpha value is -0.610. The number of carbonyl (C=O) groups excluding carboxylic acids is 1. The monoisotopic (exact) mass is 227 g/mol. The second-order valence-corrected chi connectivity index (χ2v) is 6.41. The number of piperidine rings is 1. The van der Waals surface area contributed by atoms with Crippen molar-refractivity contribution in [2.24, 2.45) is 5.73 Å². The van der Waals surface area contributed by atoms with E-state index in [9.17, 15) is 4.79 Å². The highest BCUT2D eigenvalue weighted by molar-refractivity contribution is 5.74. The van der Waals surface area contributed by atoms with E-state index in [1.807, 2.05) is 0 Å². The zero-order chi connectivity index (χ0) is 12.6. The number of carbonyl (C=O) groups is 1. The Balaban J connectivity index is 2.96. The van der Waals surface area contributed by atoms with Crippen LogP contribution in [-0.2, 0) is 4.79 Å². The van der Waals surface area contributed by atoms with Crippen LogP contribution in [0.25, 0.3) is 0 Å². The summed E-state index contributed by atoms with van der Waals surface area (Å²) < 4.78 is 0. The van der Waals surface area contributed by atoms with Crippen LogP contribution in [0, 0.1) is 0 Å². The molecule has 0 atom stereocenters. The highest BCUT2D eigenvalue weighted by Gasteiger charge is 2.46. The molecule has 4 N–H and O–H groups in total. The van der Waals surface area contributed by atoms with E-state index in [4.69, 9.17) is 5.73 Å². The number of hydrogen-bond acceptors (Lipinski definition) is 3. The van der Waals surface area contributed by atoms with Gasteiger partial charge in [-0.25, -0.2) is 0 Å². The van der Waals surface area contributed by atoms with Crippen LogP contribution in [0.2, 0.25) is 0 Å². The van der Waals surface area contributed by atoms with Crippen LogP contribution in [0.5, 0.6) is 0 Å². The Morgan fingerprint density at radius 1 is 1.25 bits per heavy atom. The number of nitrogens with one attached hydrogen (secondary N) is 2. The van der Waals surface area contributed by atoms with Gasteiger partial charge in [-0.15, -0.1) is 0 Å². The van der Waals surface area contributed by atoms with Gasteiger partial charge in [-0.3, -0.25) is 4.79 Å². The Kier molecular flexibility index (Phi) is 3.37. The molecular weight excluding hydrogens is 202 g/mol. The fourth-order valence-corrected chi connectivity index (χ4v) is 3.42. The van der Waals surface area contributed by atoms with E-state index in [-0.39, 0.29) is 22.5 Å². The summed E-state index contributed by atoms with van der Waals surface area (Å²) in [6.45, 7) is 10.7. The van der Waals surface area contributed by atoms with Crippen molar-refractivity contribution in [3.05, 3.63) is 0 Å². The zero-order valence-corrected chi connectivity index (χ0v) is 11.1. The van der Waals surface area contributed by atoms with Crippen molar-refractivity contribution in [2.75, 3.05) is 6.54 Å². The minimum absolute atomic E-state index is 0.000972. The highest BCUT2D eigenvalue weighted by atomic mass is 16.1. The predicted molar refractivity (Wildman–Crippen MR) is 66.1 cm³/mol. The molecule has 4 nitrogen and oxygen atoms in total. The van der Waals surface area contributed by atoms with E-state index >= 15 is 0 Å². The van der Waals surface area contributed by atoms with Gasteiger partial charge in [0.1, 0.15) is 0 Å². The molecule has 1 saturated heterocycles. The number of nitrogens with two attached hydrogens (primary N) is 1. The van der Waals surface area contributed by atoms with Crippen LogP contribution < -0.4 is 16.4 Å². The lowest BCUT2D eigenvalue weighted by molar-refractivity contribution is -0.121. The van der Waals surface area contributed by atoms with Crippen LogP contribution in [0.4, 0.5) is 0 Å². The van der Waals surface area contributed by atoms with E-state index in [1.54, 1.807) is 6.92 Å². The van der Waals surface area contributed by atoms with Crippen LogP contribution in [-0.4, -0.2) is 29.1 Å². The van der Waals surface area contributed by atoms with E-state index in [0.29, 0.717) is 6.54 Å². The van der Waals surface area contributed by atoms with Gasteiger partial charge in [-0.2, -0.15) is 0 Å². The smallest absolute Gasteiger partial charge is 0.217 e. The SMILES string of the molecule is CC(=O)NC1(CN)CC(C)(C)NC(C)(C)C1. The molecule has 0 spiro atoms. The molecule has 1 aliphatic rings. The van der Waals surface area contributed by atoms with E-state index in [2.05, 4.69) is 38.3 Å². The maximum Gasteiger partial charge on any atom is 0.217 e. The van der Waals surface area contributed by atoms with Crippen molar-refractivity contribution in [1.29, 1.82) is 0 Å². The summed E-state index contributed by atoms with van der Waals surface area (Å²) in [6.07, 6.45) is 1.72. The van der Waals surface area contributed by atoms with Crippen molar-refractivity contribution in [3.63, 3.8) is 0 Å². The number of rotatable bonds is 2. The number of hydrogen-bond donors (Lipinski definition) is 3. The Labute approximate surface area is 98.3 Å². The lowest BCUT2D eigenvalue weighted by atomic mass is 9.71. The quantitative estimate of drug-likeness (QED) is 0.652. The molecule has 4 heteroatoms. The third-order valence-corrected chi connectivity index (χ3v) is 3.07. The van der Waals surface area contributed by atoms with Gasteiger partial charge in [0.05, 0.1) is 5.54 Å². The fourth-order valence-electron chi connectivity index (χ4n) is 3.42. The first-order chi connectivity index (χ1) is 7.10. The molecule has 0 saturated carbocycles. The summed E-state index contributed by atoms with van der Waals surface area (Å²) in [5.41, 5.74) is 5.59. The molecule has 1 fully saturated rings. The normalized spacial score (nSPS) is 26.1. The van der Waals surface area contributed by atoms with Crippen molar-refractivity contribution in [2.45, 2.75) is 64.1 Å². The van der Waals surface area contributed by atoms with Gasteiger partial charge in [-0.05, 0) is 40.5 Å². The molecular formula is C12H25N3O. The predicted octanol–water partition coefficient (Wildman–Crippen LogP) is 0.761. The molecule has 0 unspecified atom stereocenters. The van der Waals surface area contributed by atoms with Crippen molar-refractivity contribution in [3.8, 4) is 0 Å². The van der Waals surface area contributed by atoms with Crippen molar-refractivity contribution >= 4 is 5.91 Å². The summed E-state index contributed by atoms with van der Waals surface area (Å²) >= 11 is 0. The van der Waals surface area contributed by atoms with Crippen molar-refractivity contribution < 1.29 is 4.79 Å². The maximum atomic E-state index is 11.3. The highest BCUT2D eigenvalue weighted by Crippen LogP contribution is 2.35. The summed E-state index contributed by atoms with van der Waals surface area (Å²) in [5.74, 6) is -0.000972. The molecule has 0 aromatic heterocycles. The molecule has 0 bridgehead atoms. The lowest BCUT2D eigenvalue weighted by Crippen LogP contribution is -2.70. The third kappa shape index (κ3) is 3.19. The zero-order valence-electron chi connectivity index (χ0n) is 11.1. The van der Waals surface area contributed by atoms with Gasteiger partial charge in [0.2, 0.25) is 5.91 Å². The first-order valence-electron chi connectivity index (χ1n) is 5.88. The van der Waals surface area contributed by atoms with Crippen LogP contribution in [0.3, 0.4) is 0 Å². The Morgan fingerprint density at radius 3 is 2.00 bits per heavy atom. The van der Waals surface area contributed by atoms with Gasteiger partial charge in [0.25, 0.3) is 0 Å². The molecule has 1 aliphatic heterocycles. The summed E-state index contributed by atoms with van der Waals surface area (Å²) in [6, 6.07) is 0. The third-order valence-electron chi connectivity index (χ3n) is 3.07. The van der Waals surface area contributed by atoms with E-state index in [1.165, 1.54) is 0 Å². The maximum absolute atomic E-state index is 11.3. The number of amides is 1. The summed E-state index contributed by atoms with van der Waals surface area (Å²) in [7, 11) is 0. The molecule has 0 aromatic carbocycles. The molecule has 1 heterocycles. The summed E-state index contributed by atoms with van der Waals surface area (Å²) in [5, 5.41) is 6.64.